The van der Waals surface area contributed by atoms with E-state index in [9.17, 15) is 9.59 Å². The molecule has 39 heavy (non-hydrogen) atoms. The van der Waals surface area contributed by atoms with Crippen molar-refractivity contribution in [2.75, 3.05) is 44.8 Å². The molecular formula is C30H37N5O4. The highest BCUT2D eigenvalue weighted by Crippen LogP contribution is 2.32. The van der Waals surface area contributed by atoms with Gasteiger partial charge in [0.25, 0.3) is 11.5 Å². The van der Waals surface area contributed by atoms with Crippen LogP contribution in [0.4, 0.5) is 5.82 Å². The van der Waals surface area contributed by atoms with E-state index in [2.05, 4.69) is 20.5 Å². The fraction of sp³-hybridized carbons (Fsp3) is 0.433. The molecule has 2 heterocycles. The van der Waals surface area contributed by atoms with Gasteiger partial charge in [-0.05, 0) is 57.4 Å². The molecule has 9 nitrogen and oxygen atoms in total. The molecule has 1 aliphatic heterocycles. The third kappa shape index (κ3) is 6.49. The van der Waals surface area contributed by atoms with Crippen molar-refractivity contribution in [2.24, 2.45) is 0 Å². The zero-order valence-corrected chi connectivity index (χ0v) is 22.9. The molecule has 3 aromatic rings. The molecule has 2 aliphatic rings. The molecule has 0 atom stereocenters. The number of nitrogens with one attached hydrogen (secondary N) is 2. The highest BCUT2D eigenvalue weighted by molar-refractivity contribution is 5.95. The molecule has 206 valence electrons. The van der Waals surface area contributed by atoms with Crippen LogP contribution in [0.1, 0.15) is 48.2 Å². The van der Waals surface area contributed by atoms with E-state index in [1.165, 1.54) is 0 Å². The maximum atomic E-state index is 13.6. The number of rotatable bonds is 10. The number of ether oxygens (including phenoxy) is 2. The Morgan fingerprint density at radius 3 is 2.69 bits per heavy atom. The first-order valence-electron chi connectivity index (χ1n) is 13.6. The van der Waals surface area contributed by atoms with Gasteiger partial charge in [-0.25, -0.2) is 4.98 Å². The lowest BCUT2D eigenvalue weighted by Crippen LogP contribution is -2.39. The third-order valence-electron chi connectivity index (χ3n) is 7.24. The molecular weight excluding hydrogens is 494 g/mol. The number of anilines is 1. The van der Waals surface area contributed by atoms with Crippen LogP contribution in [-0.2, 0) is 10.3 Å². The number of para-hydroxylation sites is 1. The minimum atomic E-state index is -0.651. The van der Waals surface area contributed by atoms with E-state index in [0.29, 0.717) is 17.9 Å². The van der Waals surface area contributed by atoms with Crippen molar-refractivity contribution >= 4 is 11.7 Å². The molecule has 1 aliphatic carbocycles. The van der Waals surface area contributed by atoms with Crippen LogP contribution >= 0.6 is 0 Å². The summed E-state index contributed by atoms with van der Waals surface area (Å²) in [6, 6.07) is 13.6. The number of carbonyl (C=O) groups excluding carboxylic acids is 1. The van der Waals surface area contributed by atoms with Crippen molar-refractivity contribution in [2.45, 2.75) is 45.2 Å². The number of nitrogens with zero attached hydrogens (tertiary/aromatic N) is 3. The van der Waals surface area contributed by atoms with Crippen LogP contribution in [0.3, 0.4) is 0 Å². The summed E-state index contributed by atoms with van der Waals surface area (Å²) in [6.45, 7) is 10.7. The Morgan fingerprint density at radius 1 is 1.15 bits per heavy atom. The maximum Gasteiger partial charge on any atom is 0.297 e. The molecule has 1 saturated carbocycles. The Morgan fingerprint density at radius 2 is 1.92 bits per heavy atom. The maximum absolute atomic E-state index is 13.6. The molecule has 2 fully saturated rings. The Balaban J connectivity index is 1.35. The van der Waals surface area contributed by atoms with Crippen molar-refractivity contribution < 1.29 is 14.3 Å². The Bertz CT molecular complexity index is 1380. The molecule has 5 rings (SSSR count). The highest BCUT2D eigenvalue weighted by Gasteiger charge is 2.27. The standard InChI is InChI=1S/C30H37N5O4/c1-21-8-9-22(28(36)32-23-10-11-23)20-25(21)35-13-12-31-27(29(35)37)33-30(2,3)24-6-4-5-7-26(24)39-19-16-34-14-17-38-18-15-34/h4-9,12-13,20,23H,10-11,14-19H2,1-3H3,(H,31,33)(H,32,36). The van der Waals surface area contributed by atoms with E-state index in [0.717, 1.165) is 62.6 Å². The van der Waals surface area contributed by atoms with Gasteiger partial charge in [0.15, 0.2) is 5.82 Å². The van der Waals surface area contributed by atoms with E-state index < -0.39 is 5.54 Å². The molecule has 0 bridgehead atoms. The molecule has 1 amide bonds. The summed E-state index contributed by atoms with van der Waals surface area (Å²) in [4.78, 5) is 33.0. The van der Waals surface area contributed by atoms with Crippen molar-refractivity contribution in [3.63, 3.8) is 0 Å². The molecule has 0 spiro atoms. The van der Waals surface area contributed by atoms with Crippen LogP contribution in [0.2, 0.25) is 0 Å². The van der Waals surface area contributed by atoms with Crippen molar-refractivity contribution in [1.29, 1.82) is 0 Å². The summed E-state index contributed by atoms with van der Waals surface area (Å²) in [5, 5.41) is 6.36. The second kappa shape index (κ2) is 11.6. The predicted octanol–water partition coefficient (Wildman–Crippen LogP) is 3.49. The largest absolute Gasteiger partial charge is 0.492 e. The highest BCUT2D eigenvalue weighted by atomic mass is 16.5. The molecule has 9 heteroatoms. The first-order valence-corrected chi connectivity index (χ1v) is 13.6. The monoisotopic (exact) mass is 531 g/mol. The smallest absolute Gasteiger partial charge is 0.297 e. The summed E-state index contributed by atoms with van der Waals surface area (Å²) in [5.74, 6) is 0.869. The van der Waals surface area contributed by atoms with Crippen LogP contribution in [0.25, 0.3) is 5.69 Å². The summed E-state index contributed by atoms with van der Waals surface area (Å²) >= 11 is 0. The third-order valence-corrected chi connectivity index (χ3v) is 7.24. The van der Waals surface area contributed by atoms with Crippen LogP contribution in [0, 0.1) is 6.92 Å². The van der Waals surface area contributed by atoms with E-state index in [1.54, 1.807) is 29.1 Å². The van der Waals surface area contributed by atoms with Gasteiger partial charge < -0.3 is 20.1 Å². The van der Waals surface area contributed by atoms with Crippen LogP contribution in [0.5, 0.6) is 5.75 Å². The lowest BCUT2D eigenvalue weighted by atomic mass is 9.93. The zero-order chi connectivity index (χ0) is 27.4. The minimum Gasteiger partial charge on any atom is -0.492 e. The van der Waals surface area contributed by atoms with Gasteiger partial charge in [-0.1, -0.05) is 24.3 Å². The van der Waals surface area contributed by atoms with Crippen molar-refractivity contribution in [3.8, 4) is 11.4 Å². The summed E-state index contributed by atoms with van der Waals surface area (Å²) in [6.07, 6.45) is 5.26. The Hall–Kier alpha value is -3.69. The molecule has 1 saturated heterocycles. The number of hydrogen-bond acceptors (Lipinski definition) is 7. The van der Waals surface area contributed by atoms with Gasteiger partial charge in [0.05, 0.1) is 24.4 Å². The van der Waals surface area contributed by atoms with Gasteiger partial charge in [0.2, 0.25) is 0 Å². The first kappa shape index (κ1) is 26.9. The molecule has 0 unspecified atom stereocenters. The predicted molar refractivity (Wildman–Crippen MR) is 151 cm³/mol. The Kier molecular flexibility index (Phi) is 7.99. The number of carbonyl (C=O) groups is 1. The second-order valence-corrected chi connectivity index (χ2v) is 10.7. The van der Waals surface area contributed by atoms with Gasteiger partial charge in [-0.3, -0.25) is 19.1 Å². The quantitative estimate of drug-likeness (QED) is 0.413. The van der Waals surface area contributed by atoms with Crippen LogP contribution in [0.15, 0.2) is 59.7 Å². The van der Waals surface area contributed by atoms with E-state index in [4.69, 9.17) is 9.47 Å². The number of morpholine rings is 1. The lowest BCUT2D eigenvalue weighted by molar-refractivity contribution is 0.0321. The first-order chi connectivity index (χ1) is 18.8. The average molecular weight is 532 g/mol. The zero-order valence-electron chi connectivity index (χ0n) is 22.9. The van der Waals surface area contributed by atoms with Gasteiger partial charge in [-0.2, -0.15) is 0 Å². The minimum absolute atomic E-state index is 0.120. The number of benzene rings is 2. The fourth-order valence-electron chi connectivity index (χ4n) is 4.78. The topological polar surface area (TPSA) is 97.7 Å². The van der Waals surface area contributed by atoms with Gasteiger partial charge in [0.1, 0.15) is 12.4 Å². The molecule has 2 N–H and O–H groups in total. The fourth-order valence-corrected chi connectivity index (χ4v) is 4.78. The van der Waals surface area contributed by atoms with Crippen molar-refractivity contribution in [1.82, 2.24) is 19.8 Å². The average Bonchev–Trinajstić information content (AvgIpc) is 3.75. The van der Waals surface area contributed by atoms with Gasteiger partial charge >= 0.3 is 0 Å². The van der Waals surface area contributed by atoms with Crippen LogP contribution in [-0.4, -0.2) is 65.9 Å². The number of aryl methyl sites for hydroxylation is 1. The van der Waals surface area contributed by atoms with E-state index in [-0.39, 0.29) is 23.3 Å². The normalized spacial score (nSPS) is 16.1. The van der Waals surface area contributed by atoms with E-state index >= 15 is 0 Å². The number of amides is 1. The summed E-state index contributed by atoms with van der Waals surface area (Å²) < 4.78 is 13.2. The number of aromatic nitrogens is 2. The summed E-state index contributed by atoms with van der Waals surface area (Å²) in [7, 11) is 0. The second-order valence-electron chi connectivity index (χ2n) is 10.7. The van der Waals surface area contributed by atoms with Crippen LogP contribution < -0.4 is 20.9 Å². The Labute approximate surface area is 229 Å². The van der Waals surface area contributed by atoms with Gasteiger partial charge in [0, 0.05) is 49.2 Å². The number of hydrogen-bond donors (Lipinski definition) is 2. The molecule has 2 aromatic carbocycles. The SMILES string of the molecule is Cc1ccc(C(=O)NC2CC2)cc1-n1ccnc(NC(C)(C)c2ccccc2OCCN2CCOCC2)c1=O. The molecule has 1 aromatic heterocycles. The van der Waals surface area contributed by atoms with E-state index in [1.807, 2.05) is 51.1 Å². The van der Waals surface area contributed by atoms with Gasteiger partial charge in [-0.15, -0.1) is 0 Å². The summed E-state index contributed by atoms with van der Waals surface area (Å²) in [5.41, 5.74) is 2.05. The lowest BCUT2D eigenvalue weighted by Gasteiger charge is -2.30. The molecule has 0 radical (unpaired) electrons. The van der Waals surface area contributed by atoms with Crippen molar-refractivity contribution in [3.05, 3.63) is 81.9 Å².